The Morgan fingerprint density at radius 3 is 3.06 bits per heavy atom. The molecule has 2 N–H and O–H groups in total. The van der Waals surface area contributed by atoms with E-state index in [9.17, 15) is 4.79 Å². The van der Waals surface area contributed by atoms with Crippen LogP contribution in [0.5, 0.6) is 0 Å². The zero-order chi connectivity index (χ0) is 13.0. The average molecular weight is 268 g/mol. The summed E-state index contributed by atoms with van der Waals surface area (Å²) < 4.78 is 0. The molecule has 18 heavy (non-hydrogen) atoms. The van der Waals surface area contributed by atoms with E-state index >= 15 is 0 Å². The maximum absolute atomic E-state index is 12.4. The molecule has 5 heteroatoms. The van der Waals surface area contributed by atoms with Gasteiger partial charge in [0, 0.05) is 19.1 Å². The highest BCUT2D eigenvalue weighted by Crippen LogP contribution is 2.18. The van der Waals surface area contributed by atoms with Crippen LogP contribution in [0.15, 0.2) is 11.4 Å². The van der Waals surface area contributed by atoms with E-state index in [0.29, 0.717) is 19.1 Å². The summed E-state index contributed by atoms with van der Waals surface area (Å²) in [4.78, 5) is 15.0. The minimum Gasteiger partial charge on any atom is -0.395 e. The molecule has 100 valence electrons. The van der Waals surface area contributed by atoms with Gasteiger partial charge in [-0.25, -0.2) is 0 Å². The molecular formula is C13H20N2O2S. The third-order valence-electron chi connectivity index (χ3n) is 3.32. The monoisotopic (exact) mass is 268 g/mol. The number of thiophene rings is 1. The number of aliphatic hydroxyl groups excluding tert-OH is 1. The third kappa shape index (κ3) is 3.10. The highest BCUT2D eigenvalue weighted by atomic mass is 32.1. The second-order valence-corrected chi connectivity index (χ2v) is 5.62. The molecule has 0 saturated carbocycles. The van der Waals surface area contributed by atoms with Crippen LogP contribution in [0.4, 0.5) is 0 Å². The minimum absolute atomic E-state index is 0.0167. The zero-order valence-electron chi connectivity index (χ0n) is 10.7. The largest absolute Gasteiger partial charge is 0.395 e. The van der Waals surface area contributed by atoms with Crippen molar-refractivity contribution in [2.45, 2.75) is 25.8 Å². The summed E-state index contributed by atoms with van der Waals surface area (Å²) in [6.07, 6.45) is 2.28. The molecule has 2 rings (SSSR count). The molecule has 1 fully saturated rings. The Morgan fingerprint density at radius 1 is 1.67 bits per heavy atom. The molecule has 0 spiro atoms. The fourth-order valence-electron chi connectivity index (χ4n) is 2.31. The Hall–Kier alpha value is -0.910. The molecule has 1 aliphatic heterocycles. The fraction of sp³-hybridized carbons (Fsp3) is 0.615. The molecule has 0 aromatic carbocycles. The van der Waals surface area contributed by atoms with Gasteiger partial charge >= 0.3 is 0 Å². The van der Waals surface area contributed by atoms with E-state index in [2.05, 4.69) is 5.32 Å². The normalized spacial score (nSPS) is 19.1. The fourth-order valence-corrected chi connectivity index (χ4v) is 3.20. The second-order valence-electron chi connectivity index (χ2n) is 4.70. The Labute approximate surface area is 112 Å². The molecule has 1 amide bonds. The average Bonchev–Trinajstić information content (AvgIpc) is 2.99. The van der Waals surface area contributed by atoms with Gasteiger partial charge in [-0.15, -0.1) is 11.3 Å². The molecule has 0 bridgehead atoms. The summed E-state index contributed by atoms with van der Waals surface area (Å²) >= 11 is 1.48. The SMILES string of the molecule is Cc1ccsc1C(=O)N(CCO)CC1CCCN1. The first-order valence-corrected chi connectivity index (χ1v) is 7.28. The number of rotatable bonds is 5. The van der Waals surface area contributed by atoms with E-state index in [1.54, 1.807) is 4.90 Å². The van der Waals surface area contributed by atoms with Gasteiger partial charge in [0.2, 0.25) is 0 Å². The summed E-state index contributed by atoms with van der Waals surface area (Å²) in [5.41, 5.74) is 1.02. The van der Waals surface area contributed by atoms with Crippen molar-refractivity contribution in [1.82, 2.24) is 10.2 Å². The molecule has 1 aromatic heterocycles. The Morgan fingerprint density at radius 2 is 2.50 bits per heavy atom. The van der Waals surface area contributed by atoms with Gasteiger partial charge in [-0.3, -0.25) is 4.79 Å². The molecule has 4 nitrogen and oxygen atoms in total. The van der Waals surface area contributed by atoms with Gasteiger partial charge in [0.15, 0.2) is 0 Å². The van der Waals surface area contributed by atoms with E-state index in [0.717, 1.165) is 23.4 Å². The van der Waals surface area contributed by atoms with Gasteiger partial charge in [0.1, 0.15) is 0 Å². The summed E-state index contributed by atoms with van der Waals surface area (Å²) in [5, 5.41) is 14.4. The number of nitrogens with one attached hydrogen (secondary N) is 1. The van der Waals surface area contributed by atoms with E-state index in [-0.39, 0.29) is 12.5 Å². The molecule has 2 heterocycles. The van der Waals surface area contributed by atoms with Crippen molar-refractivity contribution in [3.05, 3.63) is 21.9 Å². The number of amides is 1. The first-order chi connectivity index (χ1) is 8.72. The lowest BCUT2D eigenvalue weighted by atomic mass is 10.2. The van der Waals surface area contributed by atoms with Crippen molar-refractivity contribution in [2.24, 2.45) is 0 Å². The van der Waals surface area contributed by atoms with Crippen LogP contribution in [0.1, 0.15) is 28.1 Å². The van der Waals surface area contributed by atoms with Crippen LogP contribution in [0.25, 0.3) is 0 Å². The zero-order valence-corrected chi connectivity index (χ0v) is 11.5. The van der Waals surface area contributed by atoms with Gasteiger partial charge in [-0.2, -0.15) is 0 Å². The highest BCUT2D eigenvalue weighted by molar-refractivity contribution is 7.12. The van der Waals surface area contributed by atoms with Gasteiger partial charge in [-0.1, -0.05) is 0 Å². The van der Waals surface area contributed by atoms with Crippen molar-refractivity contribution in [3.8, 4) is 0 Å². The third-order valence-corrected chi connectivity index (χ3v) is 4.32. The quantitative estimate of drug-likeness (QED) is 0.845. The summed E-state index contributed by atoms with van der Waals surface area (Å²) in [6, 6.07) is 2.34. The summed E-state index contributed by atoms with van der Waals surface area (Å²) in [6.45, 7) is 4.10. The topological polar surface area (TPSA) is 52.6 Å². The van der Waals surface area contributed by atoms with Crippen molar-refractivity contribution in [1.29, 1.82) is 0 Å². The van der Waals surface area contributed by atoms with Crippen molar-refractivity contribution in [3.63, 3.8) is 0 Å². The first kappa shape index (κ1) is 13.5. The lowest BCUT2D eigenvalue weighted by molar-refractivity contribution is 0.0711. The molecule has 1 unspecified atom stereocenters. The number of aliphatic hydroxyl groups is 1. The van der Waals surface area contributed by atoms with Crippen LogP contribution in [0.2, 0.25) is 0 Å². The molecule has 0 radical (unpaired) electrons. The van der Waals surface area contributed by atoms with Crippen LogP contribution < -0.4 is 5.32 Å². The molecule has 1 aliphatic rings. The summed E-state index contributed by atoms with van der Waals surface area (Å²) in [5.74, 6) is 0.0465. The Kier molecular flexibility index (Phi) is 4.74. The van der Waals surface area contributed by atoms with Crippen molar-refractivity contribution in [2.75, 3.05) is 26.2 Å². The van der Waals surface area contributed by atoms with Crippen molar-refractivity contribution < 1.29 is 9.90 Å². The number of aryl methyl sites for hydroxylation is 1. The molecule has 1 aromatic rings. The maximum Gasteiger partial charge on any atom is 0.264 e. The molecule has 1 atom stereocenters. The van der Waals surface area contributed by atoms with Crippen molar-refractivity contribution >= 4 is 17.2 Å². The number of carbonyl (C=O) groups is 1. The Bertz CT molecular complexity index is 399. The van der Waals surface area contributed by atoms with E-state index in [4.69, 9.17) is 5.11 Å². The number of nitrogens with zero attached hydrogens (tertiary/aromatic N) is 1. The first-order valence-electron chi connectivity index (χ1n) is 6.40. The van der Waals surface area contributed by atoms with Crippen LogP contribution in [0.3, 0.4) is 0 Å². The van der Waals surface area contributed by atoms with Crippen LogP contribution in [-0.2, 0) is 0 Å². The number of hydrogen-bond donors (Lipinski definition) is 2. The maximum atomic E-state index is 12.4. The van der Waals surface area contributed by atoms with E-state index in [1.165, 1.54) is 17.8 Å². The predicted octanol–water partition coefficient (Wildman–Crippen LogP) is 1.24. The van der Waals surface area contributed by atoms with Gasteiger partial charge < -0.3 is 15.3 Å². The lowest BCUT2D eigenvalue weighted by Gasteiger charge is -2.25. The summed E-state index contributed by atoms with van der Waals surface area (Å²) in [7, 11) is 0. The van der Waals surface area contributed by atoms with E-state index in [1.807, 2.05) is 18.4 Å². The molecular weight excluding hydrogens is 248 g/mol. The predicted molar refractivity (Wildman–Crippen MR) is 73.1 cm³/mol. The lowest BCUT2D eigenvalue weighted by Crippen LogP contribution is -2.42. The van der Waals surface area contributed by atoms with Gasteiger partial charge in [0.25, 0.3) is 5.91 Å². The number of carbonyl (C=O) groups excluding carboxylic acids is 1. The minimum atomic E-state index is 0.0167. The van der Waals surface area contributed by atoms with E-state index < -0.39 is 0 Å². The van der Waals surface area contributed by atoms with Crippen LogP contribution in [0, 0.1) is 6.92 Å². The second kappa shape index (κ2) is 6.31. The standard InChI is InChI=1S/C13H20N2O2S/c1-10-4-8-18-12(10)13(17)15(6-7-16)9-11-3-2-5-14-11/h4,8,11,14,16H,2-3,5-7,9H2,1H3. The van der Waals surface area contributed by atoms with Crippen LogP contribution >= 0.6 is 11.3 Å². The van der Waals surface area contributed by atoms with Gasteiger partial charge in [-0.05, 0) is 43.3 Å². The number of hydrogen-bond acceptors (Lipinski definition) is 4. The Balaban J connectivity index is 2.04. The van der Waals surface area contributed by atoms with Crippen LogP contribution in [-0.4, -0.2) is 48.2 Å². The smallest absolute Gasteiger partial charge is 0.264 e. The highest BCUT2D eigenvalue weighted by Gasteiger charge is 2.23. The molecule has 0 aliphatic carbocycles. The van der Waals surface area contributed by atoms with Gasteiger partial charge in [0.05, 0.1) is 11.5 Å². The molecule has 1 saturated heterocycles.